The summed E-state index contributed by atoms with van der Waals surface area (Å²) in [7, 11) is 0. The number of rotatable bonds is 6. The zero-order valence-corrected chi connectivity index (χ0v) is 16.5. The first-order chi connectivity index (χ1) is 15.0. The van der Waals surface area contributed by atoms with Gasteiger partial charge in [0.05, 0.1) is 5.56 Å². The van der Waals surface area contributed by atoms with Gasteiger partial charge in [0, 0.05) is 17.2 Å². The van der Waals surface area contributed by atoms with E-state index in [9.17, 15) is 14.4 Å². The topological polar surface area (TPSA) is 117 Å². The number of hydrogen-bond acceptors (Lipinski definition) is 8. The fourth-order valence-electron chi connectivity index (χ4n) is 3.01. The molecule has 0 bridgehead atoms. The number of hydrogen-bond donors (Lipinski definition) is 1. The number of nitrogens with zero attached hydrogens (tertiary/aromatic N) is 1. The van der Waals surface area contributed by atoms with Crippen LogP contribution in [-0.2, 0) is 9.53 Å². The van der Waals surface area contributed by atoms with Crippen molar-refractivity contribution in [3.05, 3.63) is 71.0 Å². The van der Waals surface area contributed by atoms with E-state index < -0.39 is 18.5 Å². The predicted molar refractivity (Wildman–Crippen MR) is 107 cm³/mol. The van der Waals surface area contributed by atoms with Gasteiger partial charge in [-0.25, -0.2) is 4.79 Å². The highest BCUT2D eigenvalue weighted by Crippen LogP contribution is 2.31. The average Bonchev–Trinajstić information content (AvgIpc) is 3.21. The van der Waals surface area contributed by atoms with Crippen molar-refractivity contribution in [1.82, 2.24) is 5.16 Å². The van der Waals surface area contributed by atoms with Crippen molar-refractivity contribution in [1.29, 1.82) is 0 Å². The second kappa shape index (κ2) is 8.70. The number of carbonyl (C=O) groups is 3. The van der Waals surface area contributed by atoms with Gasteiger partial charge in [0.25, 0.3) is 5.91 Å². The first-order valence-corrected chi connectivity index (χ1v) is 9.45. The molecule has 4 rings (SSSR count). The highest BCUT2D eigenvalue weighted by molar-refractivity contribution is 6.14. The third-order valence-corrected chi connectivity index (χ3v) is 4.43. The lowest BCUT2D eigenvalue weighted by Crippen LogP contribution is -2.22. The molecule has 0 radical (unpaired) electrons. The third-order valence-electron chi connectivity index (χ3n) is 4.43. The van der Waals surface area contributed by atoms with Crippen LogP contribution in [0.4, 0.5) is 5.82 Å². The van der Waals surface area contributed by atoms with Crippen LogP contribution in [0.2, 0.25) is 0 Å². The minimum Gasteiger partial charge on any atom is -0.486 e. The van der Waals surface area contributed by atoms with Gasteiger partial charge in [0.2, 0.25) is 0 Å². The van der Waals surface area contributed by atoms with E-state index in [1.807, 2.05) is 0 Å². The number of aromatic nitrogens is 1. The Hall–Kier alpha value is -4.14. The van der Waals surface area contributed by atoms with Gasteiger partial charge >= 0.3 is 5.97 Å². The molecule has 2 aromatic carbocycles. The van der Waals surface area contributed by atoms with Gasteiger partial charge in [0.15, 0.2) is 29.7 Å². The summed E-state index contributed by atoms with van der Waals surface area (Å²) in [6, 6.07) is 12.6. The van der Waals surface area contributed by atoms with Gasteiger partial charge in [0.1, 0.15) is 19.0 Å². The van der Waals surface area contributed by atoms with Gasteiger partial charge in [-0.1, -0.05) is 23.4 Å². The molecule has 0 fully saturated rings. The summed E-state index contributed by atoms with van der Waals surface area (Å²) in [5, 5.41) is 6.08. The minimum absolute atomic E-state index is 0.0486. The molecule has 3 aromatic rings. The maximum absolute atomic E-state index is 13.0. The highest BCUT2D eigenvalue weighted by atomic mass is 16.6. The molecule has 9 heteroatoms. The molecule has 9 nitrogen and oxygen atoms in total. The van der Waals surface area contributed by atoms with Crippen LogP contribution in [0, 0.1) is 6.92 Å². The van der Waals surface area contributed by atoms with Crippen LogP contribution < -0.4 is 14.8 Å². The second-order valence-electron chi connectivity index (χ2n) is 6.68. The Bertz CT molecular complexity index is 1150. The zero-order valence-electron chi connectivity index (χ0n) is 16.5. The zero-order chi connectivity index (χ0) is 21.8. The molecule has 1 aliphatic rings. The predicted octanol–water partition coefficient (Wildman–Crippen LogP) is 2.78. The molecule has 0 aliphatic carbocycles. The van der Waals surface area contributed by atoms with E-state index in [0.29, 0.717) is 36.0 Å². The van der Waals surface area contributed by atoms with Crippen molar-refractivity contribution >= 4 is 23.5 Å². The molecule has 2 heterocycles. The normalized spacial score (nSPS) is 12.2. The van der Waals surface area contributed by atoms with E-state index in [1.54, 1.807) is 37.3 Å². The van der Waals surface area contributed by atoms with E-state index >= 15 is 0 Å². The number of aryl methyl sites for hydroxylation is 1. The summed E-state index contributed by atoms with van der Waals surface area (Å²) >= 11 is 0. The Morgan fingerprint density at radius 1 is 1.00 bits per heavy atom. The maximum atomic E-state index is 13.0. The number of amides is 1. The summed E-state index contributed by atoms with van der Waals surface area (Å²) in [6.45, 7) is 1.97. The largest absolute Gasteiger partial charge is 0.486 e. The highest BCUT2D eigenvalue weighted by Gasteiger charge is 2.22. The number of benzene rings is 2. The van der Waals surface area contributed by atoms with Crippen molar-refractivity contribution in [2.75, 3.05) is 25.1 Å². The van der Waals surface area contributed by atoms with E-state index in [-0.39, 0.29) is 22.7 Å². The van der Waals surface area contributed by atoms with E-state index in [2.05, 4.69) is 10.5 Å². The molecule has 158 valence electrons. The van der Waals surface area contributed by atoms with Crippen molar-refractivity contribution in [3.8, 4) is 11.5 Å². The van der Waals surface area contributed by atoms with Crippen LogP contribution in [-0.4, -0.2) is 42.6 Å². The number of esters is 1. The summed E-state index contributed by atoms with van der Waals surface area (Å²) in [4.78, 5) is 37.6. The van der Waals surface area contributed by atoms with Crippen LogP contribution in [0.1, 0.15) is 32.0 Å². The standard InChI is InChI=1S/C22H18N2O7/c1-13-10-19(24-31-13)23-20(25)12-30-22(27)16-5-3-2-4-15(16)21(26)14-6-7-17-18(11-14)29-9-8-28-17/h2-7,10-11H,8-9,12H2,1H3,(H,23,24,25). The fourth-order valence-corrected chi connectivity index (χ4v) is 3.01. The number of fused-ring (bicyclic) bond motifs is 1. The Kier molecular flexibility index (Phi) is 5.65. The first-order valence-electron chi connectivity index (χ1n) is 9.45. The second-order valence-corrected chi connectivity index (χ2v) is 6.68. The van der Waals surface area contributed by atoms with Crippen LogP contribution in [0.3, 0.4) is 0 Å². The number of anilines is 1. The summed E-state index contributed by atoms with van der Waals surface area (Å²) in [5.41, 5.74) is 0.535. The quantitative estimate of drug-likeness (QED) is 0.476. The van der Waals surface area contributed by atoms with Gasteiger partial charge in [-0.05, 0) is 31.2 Å². The van der Waals surface area contributed by atoms with Crippen LogP contribution in [0.15, 0.2) is 53.1 Å². The lowest BCUT2D eigenvalue weighted by atomic mass is 9.98. The first kappa shape index (κ1) is 20.1. The summed E-state index contributed by atoms with van der Waals surface area (Å²) in [6.07, 6.45) is 0. The van der Waals surface area contributed by atoms with E-state index in [1.165, 1.54) is 18.2 Å². The van der Waals surface area contributed by atoms with Crippen molar-refractivity contribution in [2.45, 2.75) is 6.92 Å². The van der Waals surface area contributed by atoms with Gasteiger partial charge in [-0.2, -0.15) is 0 Å². The lowest BCUT2D eigenvalue weighted by Gasteiger charge is -2.18. The molecule has 0 spiro atoms. The number of ketones is 1. The smallest absolute Gasteiger partial charge is 0.339 e. The summed E-state index contributed by atoms with van der Waals surface area (Å²) in [5.74, 6) is 0.00432. The summed E-state index contributed by atoms with van der Waals surface area (Å²) < 4.78 is 20.9. The van der Waals surface area contributed by atoms with Crippen LogP contribution in [0.5, 0.6) is 11.5 Å². The molecule has 1 amide bonds. The number of nitrogens with one attached hydrogen (secondary N) is 1. The molecule has 31 heavy (non-hydrogen) atoms. The molecule has 1 aliphatic heterocycles. The van der Waals surface area contributed by atoms with E-state index in [4.69, 9.17) is 18.7 Å². The Balaban J connectivity index is 1.47. The molecule has 0 saturated carbocycles. The third kappa shape index (κ3) is 4.55. The molecule has 1 N–H and O–H groups in total. The molecule has 0 saturated heterocycles. The number of ether oxygens (including phenoxy) is 3. The van der Waals surface area contributed by atoms with E-state index in [0.717, 1.165) is 0 Å². The molecular weight excluding hydrogens is 404 g/mol. The fraction of sp³-hybridized carbons (Fsp3) is 0.182. The molecule has 0 unspecified atom stereocenters. The van der Waals surface area contributed by atoms with Crippen molar-refractivity contribution in [2.24, 2.45) is 0 Å². The Morgan fingerprint density at radius 3 is 2.48 bits per heavy atom. The maximum Gasteiger partial charge on any atom is 0.339 e. The average molecular weight is 422 g/mol. The number of carbonyl (C=O) groups excluding carboxylic acids is 3. The Morgan fingerprint density at radius 2 is 1.74 bits per heavy atom. The van der Waals surface area contributed by atoms with Crippen LogP contribution >= 0.6 is 0 Å². The van der Waals surface area contributed by atoms with Gasteiger partial charge in [-0.15, -0.1) is 0 Å². The Labute approximate surface area is 176 Å². The lowest BCUT2D eigenvalue weighted by molar-refractivity contribution is -0.119. The van der Waals surface area contributed by atoms with Gasteiger partial charge in [-0.3, -0.25) is 9.59 Å². The minimum atomic E-state index is -0.798. The van der Waals surface area contributed by atoms with Gasteiger partial charge < -0.3 is 24.1 Å². The molecular formula is C22H18N2O7. The van der Waals surface area contributed by atoms with Crippen molar-refractivity contribution in [3.63, 3.8) is 0 Å². The molecule has 0 atom stereocenters. The van der Waals surface area contributed by atoms with Crippen LogP contribution in [0.25, 0.3) is 0 Å². The molecule has 1 aromatic heterocycles. The monoisotopic (exact) mass is 422 g/mol. The van der Waals surface area contributed by atoms with Crippen molar-refractivity contribution < 1.29 is 33.1 Å². The SMILES string of the molecule is Cc1cc(NC(=O)COC(=O)c2ccccc2C(=O)c2ccc3c(c2)OCCO3)no1.